The van der Waals surface area contributed by atoms with Crippen LogP contribution in [-0.4, -0.2) is 43.6 Å². The SMILES string of the molecule is CC(C)C(O)CCNS(=O)(=O)N1CCCCC1. The molecule has 1 heterocycles. The Morgan fingerprint density at radius 3 is 2.35 bits per heavy atom. The Balaban J connectivity index is 2.34. The average Bonchev–Trinajstić information content (AvgIpc) is 2.29. The van der Waals surface area contributed by atoms with Crippen LogP contribution >= 0.6 is 0 Å². The second-order valence-corrected chi connectivity index (χ2v) is 6.71. The van der Waals surface area contributed by atoms with Crippen LogP contribution < -0.4 is 4.72 Å². The fraction of sp³-hybridized carbons (Fsp3) is 1.00. The van der Waals surface area contributed by atoms with E-state index in [9.17, 15) is 13.5 Å². The van der Waals surface area contributed by atoms with Gasteiger partial charge in [0, 0.05) is 19.6 Å². The summed E-state index contributed by atoms with van der Waals surface area (Å²) in [5, 5.41) is 9.59. The van der Waals surface area contributed by atoms with Crippen molar-refractivity contribution in [1.82, 2.24) is 9.03 Å². The molecule has 0 bridgehead atoms. The van der Waals surface area contributed by atoms with Gasteiger partial charge in [0.2, 0.25) is 0 Å². The molecule has 0 radical (unpaired) electrons. The highest BCUT2D eigenvalue weighted by Crippen LogP contribution is 2.12. The summed E-state index contributed by atoms with van der Waals surface area (Å²) in [7, 11) is -3.33. The van der Waals surface area contributed by atoms with Crippen LogP contribution in [0.15, 0.2) is 0 Å². The number of hydrogen-bond donors (Lipinski definition) is 2. The van der Waals surface area contributed by atoms with Crippen LogP contribution in [0.2, 0.25) is 0 Å². The van der Waals surface area contributed by atoms with Gasteiger partial charge in [-0.15, -0.1) is 0 Å². The second-order valence-electron chi connectivity index (χ2n) is 4.96. The van der Waals surface area contributed by atoms with Crippen molar-refractivity contribution in [1.29, 1.82) is 0 Å². The van der Waals surface area contributed by atoms with E-state index in [-0.39, 0.29) is 5.92 Å². The lowest BCUT2D eigenvalue weighted by atomic mass is 10.1. The van der Waals surface area contributed by atoms with Crippen molar-refractivity contribution in [2.45, 2.75) is 45.6 Å². The van der Waals surface area contributed by atoms with E-state index in [0.717, 1.165) is 19.3 Å². The molecule has 0 aromatic heterocycles. The largest absolute Gasteiger partial charge is 0.393 e. The summed E-state index contributed by atoms with van der Waals surface area (Å²) in [5.41, 5.74) is 0. The van der Waals surface area contributed by atoms with E-state index in [1.165, 1.54) is 4.31 Å². The molecule has 102 valence electrons. The number of nitrogens with one attached hydrogen (secondary N) is 1. The summed E-state index contributed by atoms with van der Waals surface area (Å²) in [6.07, 6.45) is 3.01. The van der Waals surface area contributed by atoms with E-state index < -0.39 is 16.3 Å². The van der Waals surface area contributed by atoms with Crippen LogP contribution in [0.5, 0.6) is 0 Å². The highest BCUT2D eigenvalue weighted by atomic mass is 32.2. The second kappa shape index (κ2) is 6.68. The topological polar surface area (TPSA) is 69.6 Å². The molecule has 0 saturated carbocycles. The molecule has 1 aliphatic heterocycles. The van der Waals surface area contributed by atoms with Gasteiger partial charge in [-0.05, 0) is 25.2 Å². The van der Waals surface area contributed by atoms with Gasteiger partial charge in [0.1, 0.15) is 0 Å². The fourth-order valence-corrected chi connectivity index (χ4v) is 3.16. The number of aliphatic hydroxyl groups is 1. The fourth-order valence-electron chi connectivity index (χ4n) is 1.87. The van der Waals surface area contributed by atoms with Crippen molar-refractivity contribution < 1.29 is 13.5 Å². The van der Waals surface area contributed by atoms with Gasteiger partial charge in [-0.2, -0.15) is 12.7 Å². The first-order valence-electron chi connectivity index (χ1n) is 6.36. The van der Waals surface area contributed by atoms with Crippen molar-refractivity contribution in [3.05, 3.63) is 0 Å². The minimum atomic E-state index is -3.33. The van der Waals surface area contributed by atoms with Gasteiger partial charge in [-0.3, -0.25) is 0 Å². The average molecular weight is 264 g/mol. The summed E-state index contributed by atoms with van der Waals surface area (Å²) < 4.78 is 27.8. The van der Waals surface area contributed by atoms with Crippen molar-refractivity contribution in [3.63, 3.8) is 0 Å². The van der Waals surface area contributed by atoms with Crippen molar-refractivity contribution in [3.8, 4) is 0 Å². The van der Waals surface area contributed by atoms with Gasteiger partial charge in [0.25, 0.3) is 10.2 Å². The monoisotopic (exact) mass is 264 g/mol. The third-order valence-electron chi connectivity index (χ3n) is 3.15. The quantitative estimate of drug-likeness (QED) is 0.742. The first-order valence-corrected chi connectivity index (χ1v) is 7.80. The Bertz CT molecular complexity index is 311. The molecule has 0 spiro atoms. The van der Waals surface area contributed by atoms with Gasteiger partial charge in [0.05, 0.1) is 6.10 Å². The summed E-state index contributed by atoms with van der Waals surface area (Å²) in [4.78, 5) is 0. The first kappa shape index (κ1) is 14.9. The number of nitrogens with zero attached hydrogens (tertiary/aromatic N) is 1. The predicted octanol–water partition coefficient (Wildman–Crippen LogP) is 0.714. The Hall–Kier alpha value is -0.170. The molecule has 5 nitrogen and oxygen atoms in total. The van der Waals surface area contributed by atoms with Crippen LogP contribution in [0.25, 0.3) is 0 Å². The number of piperidine rings is 1. The molecule has 1 aliphatic rings. The van der Waals surface area contributed by atoms with E-state index in [1.54, 1.807) is 0 Å². The Morgan fingerprint density at radius 2 is 1.82 bits per heavy atom. The maximum absolute atomic E-state index is 11.9. The third kappa shape index (κ3) is 4.91. The van der Waals surface area contributed by atoms with E-state index >= 15 is 0 Å². The maximum Gasteiger partial charge on any atom is 0.279 e. The lowest BCUT2D eigenvalue weighted by Gasteiger charge is -2.26. The Kier molecular flexibility index (Phi) is 5.85. The van der Waals surface area contributed by atoms with Crippen molar-refractivity contribution in [2.75, 3.05) is 19.6 Å². The van der Waals surface area contributed by atoms with E-state index in [0.29, 0.717) is 26.1 Å². The molecule has 0 aromatic rings. The van der Waals surface area contributed by atoms with Crippen molar-refractivity contribution >= 4 is 10.2 Å². The van der Waals surface area contributed by atoms with Crippen LogP contribution in [0.3, 0.4) is 0 Å². The third-order valence-corrected chi connectivity index (χ3v) is 4.76. The van der Waals surface area contributed by atoms with Gasteiger partial charge >= 0.3 is 0 Å². The van der Waals surface area contributed by atoms with Gasteiger partial charge in [-0.25, -0.2) is 4.72 Å². The lowest BCUT2D eigenvalue weighted by molar-refractivity contribution is 0.117. The van der Waals surface area contributed by atoms with Crippen molar-refractivity contribution in [2.24, 2.45) is 5.92 Å². The molecule has 0 amide bonds. The summed E-state index contributed by atoms with van der Waals surface area (Å²) in [6.45, 7) is 5.37. The molecule has 1 unspecified atom stereocenters. The van der Waals surface area contributed by atoms with E-state index in [2.05, 4.69) is 4.72 Å². The minimum Gasteiger partial charge on any atom is -0.393 e. The minimum absolute atomic E-state index is 0.162. The van der Waals surface area contributed by atoms with Gasteiger partial charge < -0.3 is 5.11 Å². The first-order chi connectivity index (χ1) is 7.93. The van der Waals surface area contributed by atoms with E-state index in [4.69, 9.17) is 0 Å². The predicted molar refractivity (Wildman–Crippen MR) is 67.8 cm³/mol. The maximum atomic E-state index is 11.9. The molecule has 0 aliphatic carbocycles. The molecule has 0 aromatic carbocycles. The Labute approximate surface area is 104 Å². The van der Waals surface area contributed by atoms with Crippen LogP contribution in [-0.2, 0) is 10.2 Å². The lowest BCUT2D eigenvalue weighted by Crippen LogP contribution is -2.44. The smallest absolute Gasteiger partial charge is 0.279 e. The van der Waals surface area contributed by atoms with E-state index in [1.807, 2.05) is 13.8 Å². The zero-order chi connectivity index (χ0) is 12.9. The summed E-state index contributed by atoms with van der Waals surface area (Å²) >= 11 is 0. The van der Waals surface area contributed by atoms with Crippen LogP contribution in [0.4, 0.5) is 0 Å². The summed E-state index contributed by atoms with van der Waals surface area (Å²) in [5.74, 6) is 0.162. The number of aliphatic hydroxyl groups excluding tert-OH is 1. The molecule has 1 rings (SSSR count). The zero-order valence-electron chi connectivity index (χ0n) is 10.7. The molecular formula is C11H24N2O3S. The Morgan fingerprint density at radius 1 is 1.24 bits per heavy atom. The standard InChI is InChI=1S/C11H24N2O3S/c1-10(2)11(14)6-7-12-17(15,16)13-8-4-3-5-9-13/h10-12,14H,3-9H2,1-2H3. The summed E-state index contributed by atoms with van der Waals surface area (Å²) in [6, 6.07) is 0. The van der Waals surface area contributed by atoms with Crippen LogP contribution in [0, 0.1) is 5.92 Å². The molecule has 17 heavy (non-hydrogen) atoms. The molecule has 2 N–H and O–H groups in total. The zero-order valence-corrected chi connectivity index (χ0v) is 11.5. The number of rotatable bonds is 6. The van der Waals surface area contributed by atoms with Crippen LogP contribution in [0.1, 0.15) is 39.5 Å². The molecule has 1 atom stereocenters. The number of hydrogen-bond acceptors (Lipinski definition) is 3. The molecule has 1 fully saturated rings. The highest BCUT2D eigenvalue weighted by Gasteiger charge is 2.23. The highest BCUT2D eigenvalue weighted by molar-refractivity contribution is 7.87. The molecule has 6 heteroatoms. The molecular weight excluding hydrogens is 240 g/mol. The molecule has 1 saturated heterocycles. The normalized spacial score (nSPS) is 20.7. The van der Waals surface area contributed by atoms with Gasteiger partial charge in [0.15, 0.2) is 0 Å². The van der Waals surface area contributed by atoms with Gasteiger partial charge in [-0.1, -0.05) is 20.3 Å².